The predicted octanol–water partition coefficient (Wildman–Crippen LogP) is 2.13. The Balaban J connectivity index is 1.35. The molecule has 1 saturated heterocycles. The number of hydrogen-bond acceptors (Lipinski definition) is 3. The van der Waals surface area contributed by atoms with Gasteiger partial charge in [-0.1, -0.05) is 18.2 Å². The molecule has 1 aromatic rings. The zero-order chi connectivity index (χ0) is 18.2. The summed E-state index contributed by atoms with van der Waals surface area (Å²) in [5.41, 5.74) is 0.757. The SMILES string of the molecule is CN=C(NCCCCN1CCOCC1)NCC1(c2ccccc2F)CC1. The fraction of sp³-hybridized carbons (Fsp3) is 0.650. The van der Waals surface area contributed by atoms with Crippen LogP contribution in [0.5, 0.6) is 0 Å². The Morgan fingerprint density at radius 1 is 1.19 bits per heavy atom. The molecule has 0 spiro atoms. The number of aliphatic imine (C=N–C) groups is 1. The smallest absolute Gasteiger partial charge is 0.191 e. The van der Waals surface area contributed by atoms with Gasteiger partial charge in [0.1, 0.15) is 5.82 Å². The molecule has 5 nitrogen and oxygen atoms in total. The Kier molecular flexibility index (Phi) is 6.86. The van der Waals surface area contributed by atoms with Crippen LogP contribution in [0.15, 0.2) is 29.3 Å². The van der Waals surface area contributed by atoms with Crippen molar-refractivity contribution in [2.24, 2.45) is 4.99 Å². The minimum absolute atomic E-state index is 0.0701. The van der Waals surface area contributed by atoms with E-state index >= 15 is 0 Å². The third-order valence-corrected chi connectivity index (χ3v) is 5.41. The van der Waals surface area contributed by atoms with Crippen LogP contribution < -0.4 is 10.6 Å². The van der Waals surface area contributed by atoms with Crippen molar-refractivity contribution in [2.45, 2.75) is 31.1 Å². The average molecular weight is 362 g/mol. The second-order valence-corrected chi connectivity index (χ2v) is 7.27. The van der Waals surface area contributed by atoms with E-state index in [1.807, 2.05) is 12.1 Å². The van der Waals surface area contributed by atoms with Crippen molar-refractivity contribution in [1.29, 1.82) is 0 Å². The van der Waals surface area contributed by atoms with E-state index < -0.39 is 0 Å². The molecule has 0 aromatic heterocycles. The Hall–Kier alpha value is -1.66. The molecule has 1 heterocycles. The molecule has 2 aliphatic rings. The maximum absolute atomic E-state index is 14.1. The largest absolute Gasteiger partial charge is 0.379 e. The van der Waals surface area contributed by atoms with Gasteiger partial charge in [0.05, 0.1) is 13.2 Å². The van der Waals surface area contributed by atoms with E-state index in [0.717, 1.165) is 76.7 Å². The Morgan fingerprint density at radius 3 is 2.65 bits per heavy atom. The van der Waals surface area contributed by atoms with Gasteiger partial charge in [0, 0.05) is 38.6 Å². The number of benzene rings is 1. The zero-order valence-electron chi connectivity index (χ0n) is 15.8. The highest BCUT2D eigenvalue weighted by Gasteiger charge is 2.45. The Bertz CT molecular complexity index is 597. The van der Waals surface area contributed by atoms with Crippen LogP contribution in [-0.2, 0) is 10.2 Å². The highest BCUT2D eigenvalue weighted by molar-refractivity contribution is 5.79. The van der Waals surface area contributed by atoms with Gasteiger partial charge >= 0.3 is 0 Å². The first kappa shape index (κ1) is 19.1. The second kappa shape index (κ2) is 9.33. The number of halogens is 1. The molecule has 1 aliphatic carbocycles. The summed E-state index contributed by atoms with van der Waals surface area (Å²) >= 11 is 0. The summed E-state index contributed by atoms with van der Waals surface area (Å²) in [5, 5.41) is 6.76. The molecule has 0 bridgehead atoms. The topological polar surface area (TPSA) is 48.9 Å². The van der Waals surface area contributed by atoms with Crippen LogP contribution in [0, 0.1) is 5.82 Å². The van der Waals surface area contributed by atoms with E-state index in [0.29, 0.717) is 0 Å². The lowest BCUT2D eigenvalue weighted by atomic mass is 9.95. The van der Waals surface area contributed by atoms with Crippen LogP contribution in [0.2, 0.25) is 0 Å². The molecular formula is C20H31FN4O. The summed E-state index contributed by atoms with van der Waals surface area (Å²) < 4.78 is 19.5. The molecule has 0 atom stereocenters. The fourth-order valence-electron chi connectivity index (χ4n) is 3.55. The van der Waals surface area contributed by atoms with Gasteiger partial charge in [-0.2, -0.15) is 0 Å². The van der Waals surface area contributed by atoms with Crippen LogP contribution in [0.1, 0.15) is 31.2 Å². The minimum Gasteiger partial charge on any atom is -0.379 e. The number of nitrogens with zero attached hydrogens (tertiary/aromatic N) is 2. The molecule has 1 aliphatic heterocycles. The molecule has 3 rings (SSSR count). The predicted molar refractivity (Wildman–Crippen MR) is 103 cm³/mol. The van der Waals surface area contributed by atoms with Crippen LogP contribution in [0.3, 0.4) is 0 Å². The summed E-state index contributed by atoms with van der Waals surface area (Å²) in [4.78, 5) is 6.76. The molecule has 1 aromatic carbocycles. The van der Waals surface area contributed by atoms with Crippen molar-refractivity contribution >= 4 is 5.96 Å². The molecule has 6 heteroatoms. The van der Waals surface area contributed by atoms with Crippen molar-refractivity contribution in [3.63, 3.8) is 0 Å². The van der Waals surface area contributed by atoms with Gasteiger partial charge in [0.25, 0.3) is 0 Å². The highest BCUT2D eigenvalue weighted by Crippen LogP contribution is 2.48. The summed E-state index contributed by atoms with van der Waals surface area (Å²) in [6.07, 6.45) is 4.33. The van der Waals surface area contributed by atoms with Gasteiger partial charge in [-0.05, 0) is 43.9 Å². The monoisotopic (exact) mass is 362 g/mol. The maximum Gasteiger partial charge on any atom is 0.191 e. The Labute approximate surface area is 156 Å². The number of nitrogens with one attached hydrogen (secondary N) is 2. The first-order chi connectivity index (χ1) is 12.7. The number of hydrogen-bond donors (Lipinski definition) is 2. The molecule has 26 heavy (non-hydrogen) atoms. The van der Waals surface area contributed by atoms with E-state index in [-0.39, 0.29) is 11.2 Å². The van der Waals surface area contributed by atoms with E-state index in [4.69, 9.17) is 4.74 Å². The van der Waals surface area contributed by atoms with Gasteiger partial charge in [-0.25, -0.2) is 4.39 Å². The third-order valence-electron chi connectivity index (χ3n) is 5.41. The maximum atomic E-state index is 14.1. The normalized spacial score (nSPS) is 20.0. The van der Waals surface area contributed by atoms with E-state index in [2.05, 4.69) is 20.5 Å². The van der Waals surface area contributed by atoms with Crippen molar-refractivity contribution in [2.75, 3.05) is 53.0 Å². The summed E-state index contributed by atoms with van der Waals surface area (Å²) in [6, 6.07) is 7.13. The number of rotatable bonds is 8. The second-order valence-electron chi connectivity index (χ2n) is 7.27. The quantitative estimate of drug-likeness (QED) is 0.423. The van der Waals surface area contributed by atoms with Gasteiger partial charge in [-0.3, -0.25) is 9.89 Å². The van der Waals surface area contributed by atoms with Crippen LogP contribution >= 0.6 is 0 Å². The van der Waals surface area contributed by atoms with E-state index in [1.165, 1.54) is 6.42 Å². The van der Waals surface area contributed by atoms with Crippen LogP contribution in [0.25, 0.3) is 0 Å². The molecule has 2 fully saturated rings. The van der Waals surface area contributed by atoms with E-state index in [9.17, 15) is 4.39 Å². The number of morpholine rings is 1. The standard InChI is InChI=1S/C20H31FN4O/c1-22-19(23-10-4-5-11-25-12-14-26-15-13-25)24-16-20(8-9-20)17-6-2-3-7-18(17)21/h2-3,6-7H,4-5,8-16H2,1H3,(H2,22,23,24). The lowest BCUT2D eigenvalue weighted by Gasteiger charge is -2.26. The van der Waals surface area contributed by atoms with Crippen LogP contribution in [0.4, 0.5) is 4.39 Å². The van der Waals surface area contributed by atoms with Crippen molar-refractivity contribution in [3.8, 4) is 0 Å². The molecule has 1 saturated carbocycles. The average Bonchev–Trinajstić information content (AvgIpc) is 3.46. The summed E-state index contributed by atoms with van der Waals surface area (Å²) in [6.45, 7) is 6.58. The molecule has 0 amide bonds. The highest BCUT2D eigenvalue weighted by atomic mass is 19.1. The molecule has 2 N–H and O–H groups in total. The number of ether oxygens (including phenoxy) is 1. The van der Waals surface area contributed by atoms with Crippen molar-refractivity contribution in [3.05, 3.63) is 35.6 Å². The molecular weight excluding hydrogens is 331 g/mol. The number of unbranched alkanes of at least 4 members (excludes halogenated alkanes) is 1. The first-order valence-electron chi connectivity index (χ1n) is 9.73. The molecule has 144 valence electrons. The van der Waals surface area contributed by atoms with Crippen molar-refractivity contribution < 1.29 is 9.13 Å². The minimum atomic E-state index is -0.0992. The van der Waals surface area contributed by atoms with Crippen molar-refractivity contribution in [1.82, 2.24) is 15.5 Å². The molecule has 0 unspecified atom stereocenters. The lowest BCUT2D eigenvalue weighted by Crippen LogP contribution is -2.42. The fourth-order valence-corrected chi connectivity index (χ4v) is 3.55. The number of guanidine groups is 1. The molecule has 0 radical (unpaired) electrons. The van der Waals surface area contributed by atoms with Gasteiger partial charge < -0.3 is 15.4 Å². The van der Waals surface area contributed by atoms with Gasteiger partial charge in [0.2, 0.25) is 0 Å². The van der Waals surface area contributed by atoms with Gasteiger partial charge in [-0.15, -0.1) is 0 Å². The van der Waals surface area contributed by atoms with Gasteiger partial charge in [0.15, 0.2) is 5.96 Å². The first-order valence-corrected chi connectivity index (χ1v) is 9.73. The van der Waals surface area contributed by atoms with E-state index in [1.54, 1.807) is 19.2 Å². The third kappa shape index (κ3) is 5.17. The lowest BCUT2D eigenvalue weighted by molar-refractivity contribution is 0.0372. The summed E-state index contributed by atoms with van der Waals surface area (Å²) in [7, 11) is 1.78. The Morgan fingerprint density at radius 2 is 1.96 bits per heavy atom. The summed E-state index contributed by atoms with van der Waals surface area (Å²) in [5.74, 6) is 0.705. The van der Waals surface area contributed by atoms with Crippen LogP contribution in [-0.4, -0.2) is 63.8 Å². The zero-order valence-corrected chi connectivity index (χ0v) is 15.8.